The SMILES string of the molecule is COc1ccc(C(c2c(C)[nH]c3ccccc23)N2CCCCC2)cc1. The molecule has 0 aliphatic carbocycles. The number of rotatable bonds is 4. The Bertz CT molecular complexity index is 844. The van der Waals surface area contributed by atoms with Crippen molar-refractivity contribution in [2.45, 2.75) is 32.2 Å². The van der Waals surface area contributed by atoms with Gasteiger partial charge in [0, 0.05) is 22.2 Å². The number of piperidine rings is 1. The van der Waals surface area contributed by atoms with E-state index in [9.17, 15) is 0 Å². The summed E-state index contributed by atoms with van der Waals surface area (Å²) in [7, 11) is 1.72. The van der Waals surface area contributed by atoms with E-state index >= 15 is 0 Å². The average molecular weight is 334 g/mol. The highest BCUT2D eigenvalue weighted by Gasteiger charge is 2.27. The molecule has 0 bridgehead atoms. The first-order valence-corrected chi connectivity index (χ1v) is 9.23. The van der Waals surface area contributed by atoms with Gasteiger partial charge in [-0.15, -0.1) is 0 Å². The molecular formula is C22H26N2O. The number of likely N-dealkylation sites (tertiary alicyclic amines) is 1. The number of aromatic nitrogens is 1. The standard InChI is InChI=1S/C22H26N2O/c1-16-21(19-8-4-5-9-20(19)23-16)22(24-14-6-3-7-15-24)17-10-12-18(25-2)13-11-17/h4-5,8-13,22-23H,3,6-7,14-15H2,1-2H3. The van der Waals surface area contributed by atoms with Gasteiger partial charge >= 0.3 is 0 Å². The van der Waals surface area contributed by atoms with Crippen LogP contribution in [-0.4, -0.2) is 30.1 Å². The molecule has 1 fully saturated rings. The quantitative estimate of drug-likeness (QED) is 0.722. The Kier molecular flexibility index (Phi) is 4.50. The van der Waals surface area contributed by atoms with E-state index in [1.54, 1.807) is 7.11 Å². The molecule has 0 spiro atoms. The fourth-order valence-electron chi connectivity index (χ4n) is 4.17. The van der Waals surface area contributed by atoms with Crippen molar-refractivity contribution >= 4 is 10.9 Å². The van der Waals surface area contributed by atoms with Crippen LogP contribution < -0.4 is 4.74 Å². The zero-order chi connectivity index (χ0) is 17.2. The smallest absolute Gasteiger partial charge is 0.118 e. The fraction of sp³-hybridized carbons (Fsp3) is 0.364. The number of hydrogen-bond acceptors (Lipinski definition) is 2. The topological polar surface area (TPSA) is 28.3 Å². The third-order valence-electron chi connectivity index (χ3n) is 5.40. The average Bonchev–Trinajstić information content (AvgIpc) is 3.00. The molecule has 1 aliphatic heterocycles. The molecule has 0 saturated carbocycles. The summed E-state index contributed by atoms with van der Waals surface area (Å²) in [6, 6.07) is 17.6. The van der Waals surface area contributed by atoms with E-state index in [0.29, 0.717) is 6.04 Å². The molecule has 3 nitrogen and oxygen atoms in total. The number of H-pyrrole nitrogens is 1. The van der Waals surface area contributed by atoms with E-state index < -0.39 is 0 Å². The lowest BCUT2D eigenvalue weighted by molar-refractivity contribution is 0.187. The molecule has 3 heteroatoms. The van der Waals surface area contributed by atoms with E-state index in [-0.39, 0.29) is 0 Å². The summed E-state index contributed by atoms with van der Waals surface area (Å²) in [4.78, 5) is 6.23. The van der Waals surface area contributed by atoms with Gasteiger partial charge < -0.3 is 9.72 Å². The van der Waals surface area contributed by atoms with Gasteiger partial charge in [0.15, 0.2) is 0 Å². The van der Waals surface area contributed by atoms with Gasteiger partial charge in [-0.1, -0.05) is 36.8 Å². The summed E-state index contributed by atoms with van der Waals surface area (Å²) < 4.78 is 5.36. The molecule has 2 heterocycles. The number of methoxy groups -OCH3 is 1. The van der Waals surface area contributed by atoms with Gasteiger partial charge in [0.05, 0.1) is 13.2 Å². The van der Waals surface area contributed by atoms with Gasteiger partial charge in [0.25, 0.3) is 0 Å². The number of ether oxygens (including phenoxy) is 1. The molecule has 1 saturated heterocycles. The van der Waals surface area contributed by atoms with E-state index in [2.05, 4.69) is 65.3 Å². The first kappa shape index (κ1) is 16.2. The number of para-hydroxylation sites is 1. The minimum absolute atomic E-state index is 0.294. The van der Waals surface area contributed by atoms with Crippen LogP contribution in [0.15, 0.2) is 48.5 Å². The summed E-state index contributed by atoms with van der Waals surface area (Å²) in [5.74, 6) is 0.914. The predicted molar refractivity (Wildman–Crippen MR) is 103 cm³/mol. The molecule has 1 unspecified atom stereocenters. The first-order valence-electron chi connectivity index (χ1n) is 9.23. The Labute approximate surface area is 149 Å². The molecule has 25 heavy (non-hydrogen) atoms. The van der Waals surface area contributed by atoms with Crippen LogP contribution in [0.5, 0.6) is 5.75 Å². The van der Waals surface area contributed by atoms with Crippen molar-refractivity contribution in [3.05, 3.63) is 65.4 Å². The molecule has 1 aromatic heterocycles. The van der Waals surface area contributed by atoms with Crippen molar-refractivity contribution in [2.24, 2.45) is 0 Å². The zero-order valence-electron chi connectivity index (χ0n) is 15.1. The van der Waals surface area contributed by atoms with Crippen LogP contribution in [0.25, 0.3) is 10.9 Å². The van der Waals surface area contributed by atoms with Crippen molar-refractivity contribution in [1.29, 1.82) is 0 Å². The van der Waals surface area contributed by atoms with E-state index in [0.717, 1.165) is 18.8 Å². The van der Waals surface area contributed by atoms with E-state index in [1.807, 2.05) is 0 Å². The van der Waals surface area contributed by atoms with Gasteiger partial charge in [0.1, 0.15) is 5.75 Å². The highest BCUT2D eigenvalue weighted by molar-refractivity contribution is 5.85. The normalized spacial score (nSPS) is 16.9. The molecule has 130 valence electrons. The highest BCUT2D eigenvalue weighted by atomic mass is 16.5. The molecular weight excluding hydrogens is 308 g/mol. The number of benzene rings is 2. The van der Waals surface area contributed by atoms with E-state index in [1.165, 1.54) is 47.0 Å². The number of aryl methyl sites for hydroxylation is 1. The Hall–Kier alpha value is -2.26. The number of fused-ring (bicyclic) bond motifs is 1. The van der Waals surface area contributed by atoms with Gasteiger partial charge in [0.2, 0.25) is 0 Å². The second-order valence-electron chi connectivity index (χ2n) is 6.98. The Morgan fingerprint density at radius 2 is 1.68 bits per heavy atom. The second-order valence-corrected chi connectivity index (χ2v) is 6.98. The van der Waals surface area contributed by atoms with Crippen LogP contribution in [0, 0.1) is 6.92 Å². The van der Waals surface area contributed by atoms with Crippen molar-refractivity contribution in [1.82, 2.24) is 9.88 Å². The summed E-state index contributed by atoms with van der Waals surface area (Å²) >= 11 is 0. The zero-order valence-corrected chi connectivity index (χ0v) is 15.1. The largest absolute Gasteiger partial charge is 0.497 e. The Morgan fingerprint density at radius 3 is 2.40 bits per heavy atom. The van der Waals surface area contributed by atoms with Gasteiger partial charge in [-0.3, -0.25) is 4.90 Å². The minimum atomic E-state index is 0.294. The van der Waals surface area contributed by atoms with Crippen LogP contribution >= 0.6 is 0 Å². The summed E-state index contributed by atoms with van der Waals surface area (Å²) in [5, 5.41) is 1.34. The van der Waals surface area contributed by atoms with Crippen LogP contribution in [-0.2, 0) is 0 Å². The first-order chi connectivity index (χ1) is 12.3. The molecule has 0 amide bonds. The number of nitrogens with zero attached hydrogens (tertiary/aromatic N) is 1. The summed E-state index contributed by atoms with van der Waals surface area (Å²) in [6.07, 6.45) is 3.92. The third-order valence-corrected chi connectivity index (χ3v) is 5.40. The molecule has 1 N–H and O–H groups in total. The lowest BCUT2D eigenvalue weighted by Gasteiger charge is -2.35. The fourth-order valence-corrected chi connectivity index (χ4v) is 4.17. The lowest BCUT2D eigenvalue weighted by Crippen LogP contribution is -2.34. The van der Waals surface area contributed by atoms with Gasteiger partial charge in [-0.05, 0) is 56.6 Å². The molecule has 3 aromatic rings. The number of hydrogen-bond donors (Lipinski definition) is 1. The minimum Gasteiger partial charge on any atom is -0.497 e. The monoisotopic (exact) mass is 334 g/mol. The molecule has 0 radical (unpaired) electrons. The van der Waals surface area contributed by atoms with Crippen molar-refractivity contribution in [2.75, 3.05) is 20.2 Å². The van der Waals surface area contributed by atoms with Crippen LogP contribution in [0.3, 0.4) is 0 Å². The van der Waals surface area contributed by atoms with Crippen LogP contribution in [0.2, 0.25) is 0 Å². The van der Waals surface area contributed by atoms with Crippen molar-refractivity contribution in [3.8, 4) is 5.75 Å². The number of nitrogens with one attached hydrogen (secondary N) is 1. The van der Waals surface area contributed by atoms with Crippen molar-refractivity contribution < 1.29 is 4.74 Å². The molecule has 1 atom stereocenters. The predicted octanol–water partition coefficient (Wildman–Crippen LogP) is 5.06. The lowest BCUT2D eigenvalue weighted by atomic mass is 9.93. The Balaban J connectivity index is 1.85. The second kappa shape index (κ2) is 6.93. The highest BCUT2D eigenvalue weighted by Crippen LogP contribution is 2.37. The van der Waals surface area contributed by atoms with Crippen LogP contribution in [0.1, 0.15) is 42.1 Å². The maximum atomic E-state index is 5.36. The van der Waals surface area contributed by atoms with Gasteiger partial charge in [-0.25, -0.2) is 0 Å². The van der Waals surface area contributed by atoms with E-state index in [4.69, 9.17) is 4.74 Å². The van der Waals surface area contributed by atoms with Crippen molar-refractivity contribution in [3.63, 3.8) is 0 Å². The maximum absolute atomic E-state index is 5.36. The molecule has 4 rings (SSSR count). The molecule has 2 aromatic carbocycles. The maximum Gasteiger partial charge on any atom is 0.118 e. The third kappa shape index (κ3) is 3.05. The molecule has 1 aliphatic rings. The number of aromatic amines is 1. The summed E-state index contributed by atoms with van der Waals surface area (Å²) in [5.41, 5.74) is 5.26. The summed E-state index contributed by atoms with van der Waals surface area (Å²) in [6.45, 7) is 4.53. The van der Waals surface area contributed by atoms with Gasteiger partial charge in [-0.2, -0.15) is 0 Å². The van der Waals surface area contributed by atoms with Crippen LogP contribution in [0.4, 0.5) is 0 Å². The Morgan fingerprint density at radius 1 is 0.960 bits per heavy atom.